The van der Waals surface area contributed by atoms with Crippen molar-refractivity contribution in [3.05, 3.63) is 34.9 Å². The van der Waals surface area contributed by atoms with Gasteiger partial charge in [-0.1, -0.05) is 23.7 Å². The number of halogens is 1. The van der Waals surface area contributed by atoms with Crippen LogP contribution < -0.4 is 5.73 Å². The van der Waals surface area contributed by atoms with Crippen LogP contribution in [0.15, 0.2) is 24.3 Å². The van der Waals surface area contributed by atoms with Gasteiger partial charge in [-0.05, 0) is 73.5 Å². The molecule has 4 saturated carbocycles. The van der Waals surface area contributed by atoms with Crippen LogP contribution in [0.2, 0.25) is 5.02 Å². The van der Waals surface area contributed by atoms with Crippen molar-refractivity contribution in [2.24, 2.45) is 29.4 Å². The number of benzene rings is 1. The van der Waals surface area contributed by atoms with Crippen LogP contribution in [0.25, 0.3) is 0 Å². The molecule has 0 aromatic heterocycles. The fraction of sp³-hybridized carbons (Fsp3) is 0.625. The number of hydrogen-bond acceptors (Lipinski definition) is 1. The highest BCUT2D eigenvalue weighted by molar-refractivity contribution is 6.30. The molecule has 0 atom stereocenters. The molecule has 2 N–H and O–H groups in total. The zero-order valence-electron chi connectivity index (χ0n) is 10.6. The van der Waals surface area contributed by atoms with Gasteiger partial charge >= 0.3 is 0 Å². The highest BCUT2D eigenvalue weighted by Crippen LogP contribution is 2.60. The van der Waals surface area contributed by atoms with Gasteiger partial charge in [-0.25, -0.2) is 0 Å². The summed E-state index contributed by atoms with van der Waals surface area (Å²) in [5.74, 6) is 3.30. The molecule has 0 radical (unpaired) electrons. The first-order valence-electron chi connectivity index (χ1n) is 7.21. The minimum atomic E-state index is -0.0989. The monoisotopic (exact) mass is 261 g/mol. The van der Waals surface area contributed by atoms with Crippen LogP contribution in [-0.4, -0.2) is 0 Å². The Bertz CT molecular complexity index is 454. The Labute approximate surface area is 114 Å². The lowest BCUT2D eigenvalue weighted by molar-refractivity contribution is -0.0584. The molecule has 4 bridgehead atoms. The molecule has 1 aromatic rings. The molecule has 2 heteroatoms. The molecule has 18 heavy (non-hydrogen) atoms. The fourth-order valence-electron chi connectivity index (χ4n) is 5.19. The van der Waals surface area contributed by atoms with E-state index in [-0.39, 0.29) is 5.54 Å². The van der Waals surface area contributed by atoms with Gasteiger partial charge in [0.25, 0.3) is 0 Å². The van der Waals surface area contributed by atoms with Crippen LogP contribution in [0, 0.1) is 23.7 Å². The van der Waals surface area contributed by atoms with Crippen LogP contribution in [0.3, 0.4) is 0 Å². The van der Waals surface area contributed by atoms with Crippen LogP contribution in [-0.2, 0) is 5.54 Å². The van der Waals surface area contributed by atoms with E-state index < -0.39 is 0 Å². The van der Waals surface area contributed by atoms with Gasteiger partial charge < -0.3 is 5.73 Å². The van der Waals surface area contributed by atoms with Crippen molar-refractivity contribution in [2.45, 2.75) is 37.6 Å². The second kappa shape index (κ2) is 3.74. The third kappa shape index (κ3) is 1.44. The second-order valence-corrected chi connectivity index (χ2v) is 7.18. The second-order valence-electron chi connectivity index (χ2n) is 6.75. The Morgan fingerprint density at radius 3 is 2.17 bits per heavy atom. The Morgan fingerprint density at radius 1 is 1.00 bits per heavy atom. The molecule has 1 aromatic carbocycles. The van der Waals surface area contributed by atoms with Gasteiger partial charge in [-0.15, -0.1) is 0 Å². The van der Waals surface area contributed by atoms with Crippen molar-refractivity contribution in [1.82, 2.24) is 0 Å². The molecular formula is C16H20ClN. The molecule has 4 aliphatic carbocycles. The molecule has 4 aliphatic rings. The van der Waals surface area contributed by atoms with Crippen molar-refractivity contribution in [1.29, 1.82) is 0 Å². The van der Waals surface area contributed by atoms with E-state index in [4.69, 9.17) is 17.3 Å². The summed E-state index contributed by atoms with van der Waals surface area (Å²) >= 11 is 6.16. The Morgan fingerprint density at radius 2 is 1.61 bits per heavy atom. The average Bonchev–Trinajstić information content (AvgIpc) is 2.35. The Balaban J connectivity index is 1.78. The van der Waals surface area contributed by atoms with Crippen LogP contribution in [0.1, 0.15) is 37.7 Å². The Kier molecular flexibility index (Phi) is 2.35. The number of nitrogens with two attached hydrogens (primary N) is 1. The standard InChI is InChI=1S/C16H20ClN/c17-15-3-1-2-12(9-15)16(18)13-5-10-4-11(7-13)8-14(16)6-10/h1-3,9-11,13-14H,4-8,18H2. The topological polar surface area (TPSA) is 26.0 Å². The third-order valence-electron chi connectivity index (χ3n) is 5.81. The molecule has 96 valence electrons. The Hall–Kier alpha value is -0.530. The van der Waals surface area contributed by atoms with E-state index in [1.54, 1.807) is 0 Å². The lowest BCUT2D eigenvalue weighted by Gasteiger charge is -2.60. The highest BCUT2D eigenvalue weighted by Gasteiger charge is 2.55. The molecule has 4 fully saturated rings. The zero-order chi connectivity index (χ0) is 12.3. The molecule has 0 aliphatic heterocycles. The first kappa shape index (κ1) is 11.3. The van der Waals surface area contributed by atoms with Gasteiger partial charge in [0.05, 0.1) is 0 Å². The van der Waals surface area contributed by atoms with Gasteiger partial charge in [0.2, 0.25) is 0 Å². The van der Waals surface area contributed by atoms with E-state index in [0.29, 0.717) is 11.8 Å². The van der Waals surface area contributed by atoms with E-state index in [1.807, 2.05) is 6.07 Å². The van der Waals surface area contributed by atoms with Gasteiger partial charge in [0.1, 0.15) is 0 Å². The molecule has 0 unspecified atom stereocenters. The van der Waals surface area contributed by atoms with Crippen molar-refractivity contribution >= 4 is 11.6 Å². The highest BCUT2D eigenvalue weighted by atomic mass is 35.5. The summed E-state index contributed by atoms with van der Waals surface area (Å²) in [7, 11) is 0. The molecule has 0 heterocycles. The molecule has 5 rings (SSSR count). The molecule has 0 spiro atoms. The maximum atomic E-state index is 6.92. The SMILES string of the molecule is NC1(c2cccc(Cl)c2)C2CC3CC(C2)CC1C3. The zero-order valence-corrected chi connectivity index (χ0v) is 11.4. The predicted octanol–water partition coefficient (Wildman–Crippen LogP) is 3.95. The largest absolute Gasteiger partial charge is 0.321 e. The molecular weight excluding hydrogens is 242 g/mol. The first-order valence-corrected chi connectivity index (χ1v) is 7.59. The van der Waals surface area contributed by atoms with Gasteiger partial charge in [0, 0.05) is 10.6 Å². The maximum absolute atomic E-state index is 6.92. The van der Waals surface area contributed by atoms with E-state index in [9.17, 15) is 0 Å². The van der Waals surface area contributed by atoms with Gasteiger partial charge in [-0.3, -0.25) is 0 Å². The van der Waals surface area contributed by atoms with Gasteiger partial charge in [0.15, 0.2) is 0 Å². The van der Waals surface area contributed by atoms with Crippen molar-refractivity contribution in [3.63, 3.8) is 0 Å². The summed E-state index contributed by atoms with van der Waals surface area (Å²) in [4.78, 5) is 0. The maximum Gasteiger partial charge on any atom is 0.0467 e. The smallest absolute Gasteiger partial charge is 0.0467 e. The summed E-state index contributed by atoms with van der Waals surface area (Å²) < 4.78 is 0. The van der Waals surface area contributed by atoms with Gasteiger partial charge in [-0.2, -0.15) is 0 Å². The summed E-state index contributed by atoms with van der Waals surface area (Å²) in [6, 6.07) is 8.29. The summed E-state index contributed by atoms with van der Waals surface area (Å²) in [6.07, 6.45) is 6.84. The van der Waals surface area contributed by atoms with Crippen LogP contribution in [0.5, 0.6) is 0 Å². The lowest BCUT2D eigenvalue weighted by Crippen LogP contribution is -2.60. The number of rotatable bonds is 1. The van der Waals surface area contributed by atoms with E-state index >= 15 is 0 Å². The molecule has 1 nitrogen and oxygen atoms in total. The summed E-state index contributed by atoms with van der Waals surface area (Å²) in [5, 5.41) is 0.825. The summed E-state index contributed by atoms with van der Waals surface area (Å²) in [6.45, 7) is 0. The third-order valence-corrected chi connectivity index (χ3v) is 6.05. The minimum absolute atomic E-state index is 0.0989. The quantitative estimate of drug-likeness (QED) is 0.814. The first-order chi connectivity index (χ1) is 8.66. The molecule has 0 saturated heterocycles. The normalized spacial score (nSPS) is 45.4. The van der Waals surface area contributed by atoms with E-state index in [0.717, 1.165) is 16.9 Å². The predicted molar refractivity (Wildman–Crippen MR) is 74.4 cm³/mol. The number of hydrogen-bond donors (Lipinski definition) is 1. The average molecular weight is 262 g/mol. The fourth-order valence-corrected chi connectivity index (χ4v) is 5.38. The lowest BCUT2D eigenvalue weighted by atomic mass is 9.47. The van der Waals surface area contributed by atoms with Crippen molar-refractivity contribution in [3.8, 4) is 0 Å². The van der Waals surface area contributed by atoms with E-state index in [1.165, 1.54) is 37.7 Å². The molecule has 0 amide bonds. The van der Waals surface area contributed by atoms with Crippen LogP contribution >= 0.6 is 11.6 Å². The van der Waals surface area contributed by atoms with E-state index in [2.05, 4.69) is 18.2 Å². The van der Waals surface area contributed by atoms with Crippen LogP contribution in [0.4, 0.5) is 0 Å². The summed E-state index contributed by atoms with van der Waals surface area (Å²) in [5.41, 5.74) is 8.11. The van der Waals surface area contributed by atoms with Crippen molar-refractivity contribution in [2.75, 3.05) is 0 Å². The van der Waals surface area contributed by atoms with Crippen molar-refractivity contribution < 1.29 is 0 Å². The minimum Gasteiger partial charge on any atom is -0.321 e.